The Labute approximate surface area is 376 Å². The highest BCUT2D eigenvalue weighted by Gasteiger charge is 2.40. The first-order valence-corrected chi connectivity index (χ1v) is 21.8. The second kappa shape index (κ2) is 17.2. The van der Waals surface area contributed by atoms with Crippen molar-refractivity contribution in [2.45, 2.75) is 0 Å². The highest BCUT2D eigenvalue weighted by atomic mass is 15.3. The fourth-order valence-electron chi connectivity index (χ4n) is 9.06. The average Bonchev–Trinajstić information content (AvgIpc) is 3.74. The van der Waals surface area contributed by atoms with E-state index in [9.17, 15) is 0 Å². The van der Waals surface area contributed by atoms with Gasteiger partial charge in [0.15, 0.2) is 0 Å². The monoisotopic (exact) mass is 822 g/mol. The van der Waals surface area contributed by atoms with Crippen molar-refractivity contribution in [2.75, 3.05) is 29.5 Å². The zero-order valence-corrected chi connectivity index (χ0v) is 35.3. The average molecular weight is 823 g/mol. The Morgan fingerprint density at radius 1 is 0.422 bits per heavy atom. The van der Waals surface area contributed by atoms with Crippen LogP contribution in [0.2, 0.25) is 0 Å². The topological polar surface area (TPSA) is 28.2 Å². The summed E-state index contributed by atoms with van der Waals surface area (Å²) in [6, 6.07) is 73.8. The van der Waals surface area contributed by atoms with E-state index < -0.39 is 0 Å². The number of benzene rings is 8. The molecular weight excluding hydrogens is 778 g/mol. The summed E-state index contributed by atoms with van der Waals surface area (Å²) in [7, 11) is 0.758. The SMILES string of the molecule is B1/C=C\C=C/Nc2cc(N(c3ccccc3)c3ccc(-c4ccc(N(c5ccccc5)c5ccc6c(c5)N5C=CC=CB5N6c5ccccc5)cc4)cc3)ccc2N1c1ccccc1. The molecule has 8 aromatic rings. The smallest absolute Gasteiger partial charge is 0.384 e. The highest BCUT2D eigenvalue weighted by Crippen LogP contribution is 2.48. The second-order valence-electron chi connectivity index (χ2n) is 15.9. The van der Waals surface area contributed by atoms with Crippen LogP contribution in [0.5, 0.6) is 0 Å². The zero-order chi connectivity index (χ0) is 42.7. The van der Waals surface area contributed by atoms with Gasteiger partial charge in [-0.15, -0.1) is 0 Å². The zero-order valence-electron chi connectivity index (χ0n) is 35.3. The molecule has 0 atom stereocenters. The predicted octanol–water partition coefficient (Wildman–Crippen LogP) is 14.3. The summed E-state index contributed by atoms with van der Waals surface area (Å²) in [4.78, 5) is 11.8. The van der Waals surface area contributed by atoms with E-state index in [0.717, 1.165) is 69.7 Å². The molecule has 0 unspecified atom stereocenters. The Bertz CT molecular complexity index is 3010. The van der Waals surface area contributed by atoms with Crippen molar-refractivity contribution < 1.29 is 0 Å². The van der Waals surface area contributed by atoms with Crippen LogP contribution in [0.1, 0.15) is 0 Å². The van der Waals surface area contributed by atoms with Gasteiger partial charge in [0.2, 0.25) is 0 Å². The Hall–Kier alpha value is -8.35. The first kappa shape index (κ1) is 38.6. The molecule has 64 heavy (non-hydrogen) atoms. The summed E-state index contributed by atoms with van der Waals surface area (Å²) in [6.45, 7) is 0.0724. The van der Waals surface area contributed by atoms with E-state index in [1.165, 1.54) is 17.1 Å². The molecule has 3 aliphatic heterocycles. The summed E-state index contributed by atoms with van der Waals surface area (Å²) >= 11 is 0. The van der Waals surface area contributed by atoms with Crippen molar-refractivity contribution in [3.63, 3.8) is 0 Å². The summed E-state index contributed by atoms with van der Waals surface area (Å²) in [5.74, 6) is 4.45. The molecule has 3 heterocycles. The van der Waals surface area contributed by atoms with Crippen LogP contribution in [0.15, 0.2) is 255 Å². The van der Waals surface area contributed by atoms with Crippen LogP contribution < -0.4 is 29.5 Å². The van der Waals surface area contributed by atoms with Gasteiger partial charge in [-0.1, -0.05) is 121 Å². The van der Waals surface area contributed by atoms with Crippen molar-refractivity contribution in [2.24, 2.45) is 0 Å². The van der Waals surface area contributed by atoms with Gasteiger partial charge >= 0.3 is 6.98 Å². The third-order valence-corrected chi connectivity index (χ3v) is 12.1. The summed E-state index contributed by atoms with van der Waals surface area (Å²) in [6.07, 6.45) is 12.6. The molecule has 0 fully saturated rings. The molecule has 3 aliphatic rings. The van der Waals surface area contributed by atoms with Crippen molar-refractivity contribution in [1.82, 2.24) is 0 Å². The Morgan fingerprint density at radius 2 is 0.938 bits per heavy atom. The number of hydrogen-bond donors (Lipinski definition) is 1. The number of fused-ring (bicyclic) bond motifs is 4. The molecule has 0 saturated heterocycles. The van der Waals surface area contributed by atoms with E-state index >= 15 is 0 Å². The van der Waals surface area contributed by atoms with Crippen LogP contribution >= 0.6 is 0 Å². The van der Waals surface area contributed by atoms with Gasteiger partial charge in [-0.2, -0.15) is 0 Å². The molecular formula is C56H44B2N6. The Balaban J connectivity index is 0.911. The number of nitrogens with one attached hydrogen (secondary N) is 1. The van der Waals surface area contributed by atoms with Crippen molar-refractivity contribution >= 4 is 82.6 Å². The third kappa shape index (κ3) is 7.41. The van der Waals surface area contributed by atoms with Crippen LogP contribution in [0, 0.1) is 0 Å². The molecule has 0 radical (unpaired) electrons. The molecule has 11 rings (SSSR count). The minimum Gasteiger partial charge on any atom is -0.384 e. The van der Waals surface area contributed by atoms with E-state index in [4.69, 9.17) is 0 Å². The highest BCUT2D eigenvalue weighted by molar-refractivity contribution is 6.76. The molecule has 6 nitrogen and oxygen atoms in total. The van der Waals surface area contributed by atoms with E-state index in [-0.39, 0.29) is 6.98 Å². The minimum atomic E-state index is 0.0724. The minimum absolute atomic E-state index is 0.0724. The Kier molecular flexibility index (Phi) is 10.4. The van der Waals surface area contributed by atoms with Crippen molar-refractivity contribution in [1.29, 1.82) is 0 Å². The van der Waals surface area contributed by atoms with Gasteiger partial charge in [0.05, 0.1) is 22.7 Å². The van der Waals surface area contributed by atoms with Crippen LogP contribution in [-0.4, -0.2) is 14.4 Å². The maximum atomic E-state index is 3.58. The summed E-state index contributed by atoms with van der Waals surface area (Å²) < 4.78 is 0. The lowest BCUT2D eigenvalue weighted by Gasteiger charge is -2.29. The van der Waals surface area contributed by atoms with Gasteiger partial charge in [-0.3, -0.25) is 0 Å². The Morgan fingerprint density at radius 3 is 1.55 bits per heavy atom. The second-order valence-corrected chi connectivity index (χ2v) is 15.9. The molecule has 0 saturated carbocycles. The lowest BCUT2D eigenvalue weighted by Crippen LogP contribution is -2.42. The normalized spacial score (nSPS) is 14.5. The van der Waals surface area contributed by atoms with Gasteiger partial charge in [-0.25, -0.2) is 0 Å². The molecule has 8 heteroatoms. The quantitative estimate of drug-likeness (QED) is 0.146. The van der Waals surface area contributed by atoms with Gasteiger partial charge in [0.25, 0.3) is 7.41 Å². The van der Waals surface area contributed by atoms with Gasteiger partial charge in [0.1, 0.15) is 0 Å². The lowest BCUT2D eigenvalue weighted by atomic mass is 9.71. The number of para-hydroxylation sites is 4. The lowest BCUT2D eigenvalue weighted by molar-refractivity contribution is 1.27. The first-order valence-electron chi connectivity index (χ1n) is 21.8. The van der Waals surface area contributed by atoms with Crippen LogP contribution in [0.25, 0.3) is 11.1 Å². The van der Waals surface area contributed by atoms with Gasteiger partial charge in [0, 0.05) is 51.7 Å². The molecule has 0 amide bonds. The largest absolute Gasteiger partial charge is 0.412 e. The number of rotatable bonds is 9. The molecule has 0 aliphatic carbocycles. The van der Waals surface area contributed by atoms with E-state index in [2.05, 4.69) is 278 Å². The van der Waals surface area contributed by atoms with Gasteiger partial charge < -0.3 is 29.5 Å². The van der Waals surface area contributed by atoms with Gasteiger partial charge in [-0.05, 0) is 139 Å². The number of nitrogens with zero attached hydrogens (tertiary/aromatic N) is 5. The molecule has 1 N–H and O–H groups in total. The summed E-state index contributed by atoms with van der Waals surface area (Å²) in [5, 5.41) is 3.58. The molecule has 304 valence electrons. The first-order chi connectivity index (χ1) is 31.8. The standard InChI is InChI=1S/C56H44B2N6/c1-5-17-45(18-6-1)61(51-33-35-54-53(41-51)59-39-15-13-37-57-63(54)49-21-9-3-10-22-49)47-29-25-43(26-30-47)44-27-31-48(32-28-44)62(46-19-7-2-8-20-46)52-34-36-55-56(42-52)60-40-16-14-38-58(60)64(55)50-23-11-4-12-24-50/h1-42,57,59H/b37-13-,39-15-. The predicted molar refractivity (Wildman–Crippen MR) is 274 cm³/mol. The number of anilines is 12. The van der Waals surface area contributed by atoms with E-state index in [0.29, 0.717) is 0 Å². The number of hydrogen-bond acceptors (Lipinski definition) is 6. The van der Waals surface area contributed by atoms with E-state index in [1.807, 2.05) is 6.20 Å². The third-order valence-electron chi connectivity index (χ3n) is 12.1. The van der Waals surface area contributed by atoms with Crippen LogP contribution in [0.4, 0.5) is 68.2 Å². The molecule has 8 aromatic carbocycles. The molecule has 0 aromatic heterocycles. The molecule has 0 spiro atoms. The maximum Gasteiger partial charge on any atom is 0.412 e. The fraction of sp³-hybridized carbons (Fsp3) is 0. The van der Waals surface area contributed by atoms with Crippen LogP contribution in [0.3, 0.4) is 0 Å². The maximum absolute atomic E-state index is 3.58. The summed E-state index contributed by atoms with van der Waals surface area (Å²) in [5.41, 5.74) is 15.6. The van der Waals surface area contributed by atoms with Crippen molar-refractivity contribution in [3.05, 3.63) is 255 Å². The van der Waals surface area contributed by atoms with E-state index in [1.54, 1.807) is 0 Å². The number of allylic oxidation sites excluding steroid dienone is 4. The molecule has 0 bridgehead atoms. The fourth-order valence-corrected chi connectivity index (χ4v) is 9.06. The van der Waals surface area contributed by atoms with Crippen molar-refractivity contribution in [3.8, 4) is 11.1 Å². The van der Waals surface area contributed by atoms with Crippen LogP contribution in [-0.2, 0) is 0 Å².